The van der Waals surface area contributed by atoms with E-state index in [9.17, 15) is 14.4 Å². The number of Topliss-reactive ketones (excluding diaryl/α,β-unsaturated/α-hetero) is 1. The first-order valence-corrected chi connectivity index (χ1v) is 3.45. The second-order valence-corrected chi connectivity index (χ2v) is 2.47. The molecule has 5 nitrogen and oxygen atoms in total. The van der Waals surface area contributed by atoms with Crippen LogP contribution in [0.3, 0.4) is 0 Å². The number of carboxylic acids is 1. The van der Waals surface area contributed by atoms with Gasteiger partial charge in [-0.3, -0.25) is 14.4 Å². The maximum Gasteiger partial charge on any atom is 0.312 e. The lowest BCUT2D eigenvalue weighted by atomic mass is 10.2. The van der Waals surface area contributed by atoms with Crippen molar-refractivity contribution >= 4 is 17.7 Å². The minimum absolute atomic E-state index is 0.200. The molecule has 0 saturated heterocycles. The first-order chi connectivity index (χ1) is 5.43. The molecule has 0 spiro atoms. The highest BCUT2D eigenvalue weighted by atomic mass is 16.4. The van der Waals surface area contributed by atoms with Crippen molar-refractivity contribution in [2.75, 3.05) is 0 Å². The van der Waals surface area contributed by atoms with Crippen molar-refractivity contribution in [3.63, 3.8) is 0 Å². The second kappa shape index (κ2) is 4.48. The zero-order chi connectivity index (χ0) is 9.72. The Labute approximate surface area is 69.8 Å². The smallest absolute Gasteiger partial charge is 0.312 e. The predicted molar refractivity (Wildman–Crippen MR) is 40.5 cm³/mol. The van der Waals surface area contributed by atoms with Crippen LogP contribution in [0.1, 0.15) is 20.3 Å². The lowest BCUT2D eigenvalue weighted by Gasteiger charge is -2.08. The third-order valence-corrected chi connectivity index (χ3v) is 1.30. The van der Waals surface area contributed by atoms with Crippen LogP contribution in [0.25, 0.3) is 0 Å². The molecule has 0 aromatic heterocycles. The van der Waals surface area contributed by atoms with E-state index in [2.05, 4.69) is 5.32 Å². The zero-order valence-corrected chi connectivity index (χ0v) is 6.96. The van der Waals surface area contributed by atoms with Gasteiger partial charge in [0.15, 0.2) is 5.78 Å². The van der Waals surface area contributed by atoms with Crippen LogP contribution in [0.15, 0.2) is 0 Å². The van der Waals surface area contributed by atoms with E-state index >= 15 is 0 Å². The van der Waals surface area contributed by atoms with E-state index in [0.29, 0.717) is 0 Å². The molecule has 0 aliphatic carbocycles. The molecule has 0 fully saturated rings. The summed E-state index contributed by atoms with van der Waals surface area (Å²) in [4.78, 5) is 31.3. The van der Waals surface area contributed by atoms with E-state index in [1.54, 1.807) is 0 Å². The Kier molecular flexibility index (Phi) is 3.96. The summed E-state index contributed by atoms with van der Waals surface area (Å²) >= 11 is 0. The molecule has 0 aliphatic rings. The van der Waals surface area contributed by atoms with E-state index in [1.165, 1.54) is 13.8 Å². The van der Waals surface area contributed by atoms with Crippen LogP contribution in [0.2, 0.25) is 0 Å². The topological polar surface area (TPSA) is 83.5 Å². The van der Waals surface area contributed by atoms with Crippen LogP contribution < -0.4 is 5.32 Å². The van der Waals surface area contributed by atoms with Crippen LogP contribution in [0.4, 0.5) is 0 Å². The summed E-state index contributed by atoms with van der Waals surface area (Å²) in [6.07, 6.45) is -0.600. The monoisotopic (exact) mass is 173 g/mol. The summed E-state index contributed by atoms with van der Waals surface area (Å²) in [6, 6.07) is -0.614. The van der Waals surface area contributed by atoms with Gasteiger partial charge in [0.05, 0.1) is 6.04 Å². The summed E-state index contributed by atoms with van der Waals surface area (Å²) in [5.74, 6) is -2.05. The summed E-state index contributed by atoms with van der Waals surface area (Å²) in [5.41, 5.74) is 0. The quantitative estimate of drug-likeness (QED) is 0.564. The normalized spacial score (nSPS) is 11.8. The highest BCUT2D eigenvalue weighted by Gasteiger charge is 2.13. The first kappa shape index (κ1) is 10.6. The summed E-state index contributed by atoms with van der Waals surface area (Å²) < 4.78 is 0. The van der Waals surface area contributed by atoms with Gasteiger partial charge in [0.1, 0.15) is 6.42 Å². The molecule has 0 aromatic rings. The van der Waals surface area contributed by atoms with E-state index in [1.807, 2.05) is 0 Å². The Bertz CT molecular complexity index is 211. The summed E-state index contributed by atoms with van der Waals surface area (Å²) in [7, 11) is 0. The maximum absolute atomic E-state index is 10.7. The predicted octanol–water partition coefficient (Wildman–Crippen LogP) is -0.445. The van der Waals surface area contributed by atoms with Crippen molar-refractivity contribution in [3.05, 3.63) is 0 Å². The van der Waals surface area contributed by atoms with Gasteiger partial charge in [-0.2, -0.15) is 0 Å². The Balaban J connectivity index is 3.85. The van der Waals surface area contributed by atoms with Crippen molar-refractivity contribution in [1.82, 2.24) is 5.32 Å². The molecule has 68 valence electrons. The number of hydrogen-bond acceptors (Lipinski definition) is 3. The fraction of sp³-hybridized carbons (Fsp3) is 0.571. The number of carboxylic acid groups (broad SMARTS) is 1. The number of ketones is 1. The molecule has 0 aliphatic heterocycles. The minimum Gasteiger partial charge on any atom is -0.481 e. The molecular weight excluding hydrogens is 162 g/mol. The zero-order valence-electron chi connectivity index (χ0n) is 6.96. The molecule has 0 bridgehead atoms. The molecule has 12 heavy (non-hydrogen) atoms. The summed E-state index contributed by atoms with van der Waals surface area (Å²) in [6.45, 7) is 2.83. The maximum atomic E-state index is 10.7. The molecule has 0 heterocycles. The fourth-order valence-corrected chi connectivity index (χ4v) is 0.531. The molecule has 0 rings (SSSR count). The van der Waals surface area contributed by atoms with Gasteiger partial charge in [-0.15, -0.1) is 0 Å². The van der Waals surface area contributed by atoms with Crippen molar-refractivity contribution in [2.45, 2.75) is 26.3 Å². The number of carbonyl (C=O) groups excluding carboxylic acids is 2. The molecule has 2 N–H and O–H groups in total. The molecule has 1 unspecified atom stereocenters. The lowest BCUT2D eigenvalue weighted by molar-refractivity contribution is -0.141. The van der Waals surface area contributed by atoms with Gasteiger partial charge < -0.3 is 10.4 Å². The highest BCUT2D eigenvalue weighted by molar-refractivity contribution is 5.95. The van der Waals surface area contributed by atoms with Crippen LogP contribution in [-0.4, -0.2) is 28.8 Å². The molecular formula is C7H11NO4. The number of carbonyl (C=O) groups is 3. The third-order valence-electron chi connectivity index (χ3n) is 1.30. The SMILES string of the molecule is CC(=O)C(C)NC(=O)CC(=O)O. The Morgan fingerprint density at radius 2 is 1.92 bits per heavy atom. The number of nitrogens with one attached hydrogen (secondary N) is 1. The average molecular weight is 173 g/mol. The fourth-order valence-electron chi connectivity index (χ4n) is 0.531. The van der Waals surface area contributed by atoms with Gasteiger partial charge in [-0.1, -0.05) is 0 Å². The van der Waals surface area contributed by atoms with E-state index in [4.69, 9.17) is 5.11 Å². The number of rotatable bonds is 4. The van der Waals surface area contributed by atoms with Crippen molar-refractivity contribution in [1.29, 1.82) is 0 Å². The molecule has 0 saturated carbocycles. The van der Waals surface area contributed by atoms with Gasteiger partial charge >= 0.3 is 5.97 Å². The van der Waals surface area contributed by atoms with E-state index < -0.39 is 24.3 Å². The molecule has 1 amide bonds. The van der Waals surface area contributed by atoms with Crippen LogP contribution in [0.5, 0.6) is 0 Å². The summed E-state index contributed by atoms with van der Waals surface area (Å²) in [5, 5.41) is 10.4. The average Bonchev–Trinajstić information content (AvgIpc) is 1.84. The standard InChI is InChI=1S/C7H11NO4/c1-4(5(2)9)8-6(10)3-7(11)12/h4H,3H2,1-2H3,(H,8,10)(H,11,12). The van der Waals surface area contributed by atoms with Crippen LogP contribution in [-0.2, 0) is 14.4 Å². The van der Waals surface area contributed by atoms with E-state index in [-0.39, 0.29) is 5.78 Å². The largest absolute Gasteiger partial charge is 0.481 e. The van der Waals surface area contributed by atoms with Crippen molar-refractivity contribution in [3.8, 4) is 0 Å². The van der Waals surface area contributed by atoms with Crippen LogP contribution in [0, 0.1) is 0 Å². The van der Waals surface area contributed by atoms with Gasteiger partial charge in [0.25, 0.3) is 0 Å². The second-order valence-electron chi connectivity index (χ2n) is 2.47. The van der Waals surface area contributed by atoms with Gasteiger partial charge in [-0.25, -0.2) is 0 Å². The molecule has 0 aromatic carbocycles. The molecule has 0 radical (unpaired) electrons. The number of amides is 1. The van der Waals surface area contributed by atoms with Crippen LogP contribution >= 0.6 is 0 Å². The Morgan fingerprint density at radius 3 is 2.25 bits per heavy atom. The molecule has 1 atom stereocenters. The number of aliphatic carboxylic acids is 1. The molecule has 5 heteroatoms. The van der Waals surface area contributed by atoms with E-state index in [0.717, 1.165) is 0 Å². The van der Waals surface area contributed by atoms with Crippen molar-refractivity contribution in [2.24, 2.45) is 0 Å². The third kappa shape index (κ3) is 4.43. The highest BCUT2D eigenvalue weighted by Crippen LogP contribution is 1.86. The minimum atomic E-state index is -1.21. The van der Waals surface area contributed by atoms with Gasteiger partial charge in [0.2, 0.25) is 5.91 Å². The Morgan fingerprint density at radius 1 is 1.42 bits per heavy atom. The van der Waals surface area contributed by atoms with Gasteiger partial charge in [-0.05, 0) is 13.8 Å². The lowest BCUT2D eigenvalue weighted by Crippen LogP contribution is -2.38. The Hall–Kier alpha value is -1.39. The number of hydrogen-bond donors (Lipinski definition) is 2. The van der Waals surface area contributed by atoms with Crippen molar-refractivity contribution < 1.29 is 19.5 Å². The van der Waals surface area contributed by atoms with Gasteiger partial charge in [0, 0.05) is 0 Å². The first-order valence-electron chi connectivity index (χ1n) is 3.45.